The number of nitrogens with two attached hydrogens (primary N) is 1. The highest BCUT2D eigenvalue weighted by molar-refractivity contribution is 9.10. The largest absolute Gasteiger partial charge is 0.320 e. The van der Waals surface area contributed by atoms with Crippen molar-refractivity contribution in [1.82, 2.24) is 0 Å². The van der Waals surface area contributed by atoms with Gasteiger partial charge in [-0.2, -0.15) is 0 Å². The van der Waals surface area contributed by atoms with Crippen molar-refractivity contribution in [2.75, 3.05) is 0 Å². The molecule has 0 radical (unpaired) electrons. The molecule has 2 rings (SSSR count). The fraction of sp³-hybridized carbons (Fsp3) is 0.0909. The van der Waals surface area contributed by atoms with Crippen LogP contribution in [-0.4, -0.2) is 0 Å². The third-order valence-electron chi connectivity index (χ3n) is 2.09. The lowest BCUT2D eigenvalue weighted by molar-refractivity contribution is 0.623. The summed E-state index contributed by atoms with van der Waals surface area (Å²) in [6.07, 6.45) is 0. The van der Waals surface area contributed by atoms with Gasteiger partial charge in [0.25, 0.3) is 0 Å². The minimum Gasteiger partial charge on any atom is -0.320 e. The van der Waals surface area contributed by atoms with Crippen molar-refractivity contribution < 1.29 is 4.39 Å². The Bertz CT molecular complexity index is 441. The maximum absolute atomic E-state index is 13.1. The van der Waals surface area contributed by atoms with Gasteiger partial charge in [-0.05, 0) is 35.2 Å². The van der Waals surface area contributed by atoms with E-state index < -0.39 is 0 Å². The van der Waals surface area contributed by atoms with E-state index in [1.165, 1.54) is 12.1 Å². The average molecular weight is 323 g/mol. The van der Waals surface area contributed by atoms with Crippen LogP contribution < -0.4 is 5.73 Å². The Labute approximate surface area is 112 Å². The highest BCUT2D eigenvalue weighted by Crippen LogP contribution is 2.26. The van der Waals surface area contributed by atoms with E-state index in [0.29, 0.717) is 4.47 Å². The van der Waals surface area contributed by atoms with Gasteiger partial charge in [0.2, 0.25) is 0 Å². The van der Waals surface area contributed by atoms with E-state index >= 15 is 0 Å². The van der Waals surface area contributed by atoms with Gasteiger partial charge >= 0.3 is 0 Å². The van der Waals surface area contributed by atoms with Crippen molar-refractivity contribution in [2.45, 2.75) is 6.04 Å². The summed E-state index contributed by atoms with van der Waals surface area (Å²) in [5.41, 5.74) is 6.80. The van der Waals surface area contributed by atoms with E-state index in [2.05, 4.69) is 15.9 Å². The van der Waals surface area contributed by atoms with Crippen LogP contribution in [0.1, 0.15) is 16.5 Å². The highest BCUT2D eigenvalue weighted by Gasteiger charge is 2.11. The third kappa shape index (κ3) is 3.04. The lowest BCUT2D eigenvalue weighted by atomic mass is 10.1. The summed E-state index contributed by atoms with van der Waals surface area (Å²) in [4.78, 5) is 1.03. The Morgan fingerprint density at radius 2 is 2.06 bits per heavy atom. The Morgan fingerprint density at radius 3 is 2.62 bits per heavy atom. The lowest BCUT2D eigenvalue weighted by Gasteiger charge is -2.10. The number of hydrogen-bond donors (Lipinski definition) is 1. The average Bonchev–Trinajstić information content (AvgIpc) is 2.67. The molecule has 0 aliphatic heterocycles. The monoisotopic (exact) mass is 321 g/mol. The first-order valence-electron chi connectivity index (χ1n) is 4.42. The number of thiophene rings is 1. The first-order valence-corrected chi connectivity index (χ1v) is 6.09. The Balaban J connectivity index is 0.00000128. The summed E-state index contributed by atoms with van der Waals surface area (Å²) in [5.74, 6) is -0.272. The van der Waals surface area contributed by atoms with Gasteiger partial charge in [0.1, 0.15) is 5.82 Å². The van der Waals surface area contributed by atoms with Gasteiger partial charge in [0.15, 0.2) is 0 Å². The van der Waals surface area contributed by atoms with Crippen LogP contribution in [0.3, 0.4) is 0 Å². The van der Waals surface area contributed by atoms with E-state index in [1.807, 2.05) is 23.6 Å². The number of rotatable bonds is 2. The fourth-order valence-corrected chi connectivity index (χ4v) is 2.62. The molecule has 0 aliphatic carbocycles. The molecule has 5 heteroatoms. The predicted molar refractivity (Wildman–Crippen MR) is 71.7 cm³/mol. The maximum atomic E-state index is 13.1. The Morgan fingerprint density at radius 1 is 1.31 bits per heavy atom. The van der Waals surface area contributed by atoms with Gasteiger partial charge in [-0.3, -0.25) is 0 Å². The fourth-order valence-electron chi connectivity index (χ4n) is 1.39. The topological polar surface area (TPSA) is 26.0 Å². The first-order chi connectivity index (χ1) is 7.16. The molecule has 2 aromatic rings. The summed E-state index contributed by atoms with van der Waals surface area (Å²) in [6, 6.07) is 8.37. The third-order valence-corrected chi connectivity index (χ3v) is 3.51. The van der Waals surface area contributed by atoms with Crippen LogP contribution in [-0.2, 0) is 0 Å². The van der Waals surface area contributed by atoms with Gasteiger partial charge in [0, 0.05) is 9.35 Å². The molecule has 0 spiro atoms. The summed E-state index contributed by atoms with van der Waals surface area (Å²) in [7, 11) is 0. The second kappa shape index (κ2) is 5.77. The first kappa shape index (κ1) is 13.6. The molecule has 0 aliphatic rings. The van der Waals surface area contributed by atoms with Crippen LogP contribution in [0.2, 0.25) is 0 Å². The van der Waals surface area contributed by atoms with E-state index in [-0.39, 0.29) is 24.3 Å². The molecule has 86 valence electrons. The maximum Gasteiger partial charge on any atom is 0.124 e. The lowest BCUT2D eigenvalue weighted by Crippen LogP contribution is -2.10. The number of benzene rings is 1. The van der Waals surface area contributed by atoms with E-state index in [1.54, 1.807) is 11.3 Å². The zero-order valence-electron chi connectivity index (χ0n) is 8.19. The van der Waals surface area contributed by atoms with Gasteiger partial charge in [0.05, 0.1) is 6.04 Å². The van der Waals surface area contributed by atoms with Crippen LogP contribution in [0.5, 0.6) is 0 Å². The van der Waals surface area contributed by atoms with Crippen molar-refractivity contribution in [3.05, 3.63) is 56.4 Å². The second-order valence-electron chi connectivity index (χ2n) is 3.20. The SMILES string of the molecule is Cl.N[C@H](c1cc(F)cc(Br)c1)c1cccs1. The summed E-state index contributed by atoms with van der Waals surface area (Å²) < 4.78 is 13.9. The van der Waals surface area contributed by atoms with Gasteiger partial charge in [-0.15, -0.1) is 23.7 Å². The Hall–Kier alpha value is -0.420. The number of hydrogen-bond acceptors (Lipinski definition) is 2. The molecule has 1 aromatic carbocycles. The minimum atomic E-state index is -0.272. The molecule has 0 bridgehead atoms. The van der Waals surface area contributed by atoms with Crippen molar-refractivity contribution in [1.29, 1.82) is 0 Å². The smallest absolute Gasteiger partial charge is 0.124 e. The van der Waals surface area contributed by atoms with Crippen molar-refractivity contribution >= 4 is 39.7 Å². The van der Waals surface area contributed by atoms with Gasteiger partial charge in [-0.25, -0.2) is 4.39 Å². The summed E-state index contributed by atoms with van der Waals surface area (Å²) in [6.45, 7) is 0. The molecule has 0 saturated carbocycles. The van der Waals surface area contributed by atoms with Crippen molar-refractivity contribution in [3.63, 3.8) is 0 Å². The second-order valence-corrected chi connectivity index (χ2v) is 5.09. The molecular weight excluding hydrogens is 313 g/mol. The molecule has 0 unspecified atom stereocenters. The molecule has 1 nitrogen and oxygen atoms in total. The molecular formula is C11H10BrClFNS. The highest BCUT2D eigenvalue weighted by atomic mass is 79.9. The number of halogens is 3. The van der Waals surface area contributed by atoms with Crippen molar-refractivity contribution in [3.8, 4) is 0 Å². The normalized spacial score (nSPS) is 11.9. The van der Waals surface area contributed by atoms with Crippen LogP contribution >= 0.6 is 39.7 Å². The Kier molecular flexibility index (Phi) is 4.92. The quantitative estimate of drug-likeness (QED) is 0.884. The van der Waals surface area contributed by atoms with E-state index in [0.717, 1.165) is 10.4 Å². The van der Waals surface area contributed by atoms with Gasteiger partial charge < -0.3 is 5.73 Å². The molecule has 1 aromatic heterocycles. The van der Waals surface area contributed by atoms with E-state index in [4.69, 9.17) is 5.73 Å². The van der Waals surface area contributed by atoms with Crippen LogP contribution in [0.4, 0.5) is 4.39 Å². The molecule has 2 N–H and O–H groups in total. The molecule has 1 atom stereocenters. The molecule has 0 saturated heterocycles. The molecule has 1 heterocycles. The zero-order valence-corrected chi connectivity index (χ0v) is 11.4. The zero-order chi connectivity index (χ0) is 10.8. The van der Waals surface area contributed by atoms with Crippen LogP contribution in [0, 0.1) is 5.82 Å². The van der Waals surface area contributed by atoms with Crippen molar-refractivity contribution in [2.24, 2.45) is 5.73 Å². The van der Waals surface area contributed by atoms with Crippen LogP contribution in [0.15, 0.2) is 40.2 Å². The minimum absolute atomic E-state index is 0. The van der Waals surface area contributed by atoms with Crippen LogP contribution in [0.25, 0.3) is 0 Å². The molecule has 0 fully saturated rings. The van der Waals surface area contributed by atoms with E-state index in [9.17, 15) is 4.39 Å². The summed E-state index contributed by atoms with van der Waals surface area (Å²) >= 11 is 4.83. The predicted octanol–water partition coefficient (Wildman–Crippen LogP) is 4.12. The molecule has 0 amide bonds. The molecule has 16 heavy (non-hydrogen) atoms. The summed E-state index contributed by atoms with van der Waals surface area (Å²) in [5, 5.41) is 1.96. The standard InChI is InChI=1S/C11H9BrFNS.ClH/c12-8-4-7(5-9(13)6-8)11(14)10-2-1-3-15-10;/h1-6,11H,14H2;1H/t11-;/m1./s1. The van der Waals surface area contributed by atoms with Gasteiger partial charge in [-0.1, -0.05) is 22.0 Å².